The highest BCUT2D eigenvalue weighted by Gasteiger charge is 2.33. The summed E-state index contributed by atoms with van der Waals surface area (Å²) in [4.78, 5) is 37.4. The van der Waals surface area contributed by atoms with Crippen molar-refractivity contribution in [3.8, 4) is 11.5 Å². The summed E-state index contributed by atoms with van der Waals surface area (Å²) in [7, 11) is 1.43. The van der Waals surface area contributed by atoms with E-state index < -0.39 is 35.9 Å². The summed E-state index contributed by atoms with van der Waals surface area (Å²) in [6.07, 6.45) is -0.899. The van der Waals surface area contributed by atoms with Gasteiger partial charge in [-0.15, -0.1) is 0 Å². The standard InChI is InChI=1S/C24H25BrFN3O6/c1-5-34-23(31)13(3)35-21-17(25)10-14(11-18(21)33-4)20-19(12(2)27-24(32)29-20)22(30)28-16-8-6-15(26)7-9-16/h6-11,13,20H,5H2,1-4H3,(H,28,30)(H2,27,29,32)/t13-,20+/m0/s1. The van der Waals surface area contributed by atoms with Crippen LogP contribution in [0.4, 0.5) is 14.9 Å². The van der Waals surface area contributed by atoms with Crippen LogP contribution in [-0.2, 0) is 14.3 Å². The van der Waals surface area contributed by atoms with Crippen molar-refractivity contribution in [2.75, 3.05) is 19.0 Å². The van der Waals surface area contributed by atoms with Crippen molar-refractivity contribution in [2.45, 2.75) is 32.9 Å². The summed E-state index contributed by atoms with van der Waals surface area (Å²) < 4.78 is 29.9. The molecule has 3 N–H and O–H groups in total. The minimum Gasteiger partial charge on any atom is -0.493 e. The van der Waals surface area contributed by atoms with Gasteiger partial charge in [-0.1, -0.05) is 0 Å². The third-order valence-corrected chi connectivity index (χ3v) is 5.70. The van der Waals surface area contributed by atoms with Gasteiger partial charge in [0.25, 0.3) is 5.91 Å². The first-order valence-electron chi connectivity index (χ1n) is 10.7. The Labute approximate surface area is 210 Å². The Morgan fingerprint density at radius 2 is 1.91 bits per heavy atom. The molecule has 0 saturated heterocycles. The number of carbonyl (C=O) groups is 3. The monoisotopic (exact) mass is 549 g/mol. The number of benzene rings is 2. The number of esters is 1. The average molecular weight is 550 g/mol. The van der Waals surface area contributed by atoms with Gasteiger partial charge in [0.15, 0.2) is 17.6 Å². The van der Waals surface area contributed by atoms with Crippen LogP contribution >= 0.6 is 15.9 Å². The predicted octanol–water partition coefficient (Wildman–Crippen LogP) is 4.19. The molecule has 0 radical (unpaired) electrons. The zero-order chi connectivity index (χ0) is 25.7. The molecule has 11 heteroatoms. The number of ether oxygens (including phenoxy) is 3. The maximum absolute atomic E-state index is 13.2. The fraction of sp³-hybridized carbons (Fsp3) is 0.292. The quantitative estimate of drug-likeness (QED) is 0.425. The summed E-state index contributed by atoms with van der Waals surface area (Å²) in [5.74, 6) is -0.920. The molecule has 1 heterocycles. The average Bonchev–Trinajstić information content (AvgIpc) is 2.81. The van der Waals surface area contributed by atoms with E-state index in [1.165, 1.54) is 31.4 Å². The summed E-state index contributed by atoms with van der Waals surface area (Å²) in [5.41, 5.74) is 1.51. The van der Waals surface area contributed by atoms with Gasteiger partial charge < -0.3 is 30.2 Å². The van der Waals surface area contributed by atoms with Crippen molar-refractivity contribution in [3.05, 3.63) is 63.5 Å². The van der Waals surface area contributed by atoms with E-state index in [4.69, 9.17) is 14.2 Å². The second-order valence-corrected chi connectivity index (χ2v) is 8.43. The Bertz CT molecular complexity index is 1170. The van der Waals surface area contributed by atoms with Crippen molar-refractivity contribution in [1.29, 1.82) is 0 Å². The molecule has 0 fully saturated rings. The zero-order valence-electron chi connectivity index (χ0n) is 19.5. The van der Waals surface area contributed by atoms with Gasteiger partial charge in [-0.05, 0) is 78.7 Å². The summed E-state index contributed by atoms with van der Waals surface area (Å²) in [6, 6.07) is 7.26. The second-order valence-electron chi connectivity index (χ2n) is 7.58. The number of nitrogens with one attached hydrogen (secondary N) is 3. The van der Waals surface area contributed by atoms with E-state index in [2.05, 4.69) is 31.9 Å². The van der Waals surface area contributed by atoms with E-state index >= 15 is 0 Å². The van der Waals surface area contributed by atoms with Gasteiger partial charge in [-0.2, -0.15) is 0 Å². The largest absolute Gasteiger partial charge is 0.493 e. The fourth-order valence-corrected chi connectivity index (χ4v) is 4.04. The van der Waals surface area contributed by atoms with Gasteiger partial charge in [-0.25, -0.2) is 14.0 Å². The highest BCUT2D eigenvalue weighted by atomic mass is 79.9. The highest BCUT2D eigenvalue weighted by molar-refractivity contribution is 9.10. The Kier molecular flexibility index (Phi) is 8.34. The number of rotatable bonds is 8. The summed E-state index contributed by atoms with van der Waals surface area (Å²) in [6.45, 7) is 5.07. The van der Waals surface area contributed by atoms with E-state index in [1.54, 1.807) is 32.9 Å². The van der Waals surface area contributed by atoms with Gasteiger partial charge in [-0.3, -0.25) is 4.79 Å². The third-order valence-electron chi connectivity index (χ3n) is 5.11. The molecule has 0 unspecified atom stereocenters. The van der Waals surface area contributed by atoms with Crippen molar-refractivity contribution in [3.63, 3.8) is 0 Å². The molecule has 0 aliphatic carbocycles. The van der Waals surface area contributed by atoms with Crippen LogP contribution in [0.25, 0.3) is 0 Å². The molecule has 2 atom stereocenters. The first-order valence-corrected chi connectivity index (χ1v) is 11.5. The number of urea groups is 1. The number of carbonyl (C=O) groups excluding carboxylic acids is 3. The van der Waals surface area contributed by atoms with Crippen molar-refractivity contribution >= 4 is 39.5 Å². The van der Waals surface area contributed by atoms with E-state index in [-0.39, 0.29) is 23.7 Å². The van der Waals surface area contributed by atoms with Crippen LogP contribution in [0, 0.1) is 5.82 Å². The minimum absolute atomic E-state index is 0.216. The van der Waals surface area contributed by atoms with Gasteiger partial charge in [0.1, 0.15) is 5.82 Å². The van der Waals surface area contributed by atoms with E-state index in [1.807, 2.05) is 0 Å². The van der Waals surface area contributed by atoms with Crippen molar-refractivity contribution in [2.24, 2.45) is 0 Å². The molecule has 2 aromatic rings. The Balaban J connectivity index is 1.96. The minimum atomic E-state index is -0.899. The number of amides is 3. The maximum Gasteiger partial charge on any atom is 0.347 e. The predicted molar refractivity (Wildman–Crippen MR) is 130 cm³/mol. The lowest BCUT2D eigenvalue weighted by Gasteiger charge is -2.29. The molecule has 0 spiro atoms. The van der Waals surface area contributed by atoms with Crippen molar-refractivity contribution in [1.82, 2.24) is 10.6 Å². The molecule has 3 amide bonds. The molecule has 186 valence electrons. The highest BCUT2D eigenvalue weighted by Crippen LogP contribution is 2.41. The lowest BCUT2D eigenvalue weighted by molar-refractivity contribution is -0.150. The molecule has 3 rings (SSSR count). The van der Waals surface area contributed by atoms with Crippen LogP contribution in [0.1, 0.15) is 32.4 Å². The summed E-state index contributed by atoms with van der Waals surface area (Å²) in [5, 5.41) is 8.06. The molecule has 0 saturated carbocycles. The Hall–Kier alpha value is -3.60. The molecule has 9 nitrogen and oxygen atoms in total. The molecule has 35 heavy (non-hydrogen) atoms. The van der Waals surface area contributed by atoms with Crippen LogP contribution < -0.4 is 25.4 Å². The van der Waals surface area contributed by atoms with E-state index in [0.717, 1.165) is 0 Å². The van der Waals surface area contributed by atoms with Crippen LogP contribution in [0.3, 0.4) is 0 Å². The Morgan fingerprint density at radius 3 is 2.54 bits per heavy atom. The first kappa shape index (κ1) is 26.0. The normalized spacial score (nSPS) is 16.1. The number of allylic oxidation sites excluding steroid dienone is 1. The van der Waals surface area contributed by atoms with Gasteiger partial charge in [0.2, 0.25) is 0 Å². The third kappa shape index (κ3) is 6.10. The SMILES string of the molecule is CCOC(=O)[C@H](C)Oc1c(Br)cc([C@H]2NC(=O)NC(C)=C2C(=O)Nc2ccc(F)cc2)cc1OC. The van der Waals surface area contributed by atoms with E-state index in [0.29, 0.717) is 21.4 Å². The van der Waals surface area contributed by atoms with Crippen molar-refractivity contribution < 1.29 is 33.0 Å². The van der Waals surface area contributed by atoms with Crippen LogP contribution in [0.15, 0.2) is 52.1 Å². The molecule has 0 bridgehead atoms. The molecule has 1 aliphatic rings. The lowest BCUT2D eigenvalue weighted by atomic mass is 9.94. The molecule has 2 aromatic carbocycles. The Morgan fingerprint density at radius 1 is 1.23 bits per heavy atom. The summed E-state index contributed by atoms with van der Waals surface area (Å²) >= 11 is 3.43. The smallest absolute Gasteiger partial charge is 0.347 e. The van der Waals surface area contributed by atoms with E-state index in [9.17, 15) is 18.8 Å². The van der Waals surface area contributed by atoms with Gasteiger partial charge in [0.05, 0.1) is 29.8 Å². The number of hydrogen-bond donors (Lipinski definition) is 3. The number of halogens is 2. The number of hydrogen-bond acceptors (Lipinski definition) is 6. The first-order chi connectivity index (χ1) is 16.6. The van der Waals surface area contributed by atoms with Gasteiger partial charge in [0, 0.05) is 11.4 Å². The molecule has 0 aromatic heterocycles. The number of anilines is 1. The topological polar surface area (TPSA) is 115 Å². The van der Waals surface area contributed by atoms with Gasteiger partial charge >= 0.3 is 12.0 Å². The maximum atomic E-state index is 13.2. The molecular formula is C24H25BrFN3O6. The van der Waals surface area contributed by atoms with Crippen LogP contribution in [0.2, 0.25) is 0 Å². The molecule has 1 aliphatic heterocycles. The van der Waals surface area contributed by atoms with Crippen LogP contribution in [-0.4, -0.2) is 37.7 Å². The van der Waals surface area contributed by atoms with Crippen LogP contribution in [0.5, 0.6) is 11.5 Å². The fourth-order valence-electron chi connectivity index (χ4n) is 3.48. The molecular weight excluding hydrogens is 525 g/mol. The number of methoxy groups -OCH3 is 1. The zero-order valence-corrected chi connectivity index (χ0v) is 21.1. The second kappa shape index (κ2) is 11.2. The lowest BCUT2D eigenvalue weighted by Crippen LogP contribution is -2.46.